The maximum atomic E-state index is 11.0. The van der Waals surface area contributed by atoms with Gasteiger partial charge in [0.25, 0.3) is 0 Å². The summed E-state index contributed by atoms with van der Waals surface area (Å²) in [5.41, 5.74) is 6.57. The van der Waals surface area contributed by atoms with E-state index >= 15 is 0 Å². The zero-order valence-corrected chi connectivity index (χ0v) is 16.5. The second-order valence-electron chi connectivity index (χ2n) is 7.36. The molecule has 0 amide bonds. The van der Waals surface area contributed by atoms with Gasteiger partial charge in [-0.05, 0) is 65.6 Å². The lowest BCUT2D eigenvalue weighted by molar-refractivity contribution is 0.112. The molecule has 0 aliphatic carbocycles. The Balaban J connectivity index is 1.59. The quantitative estimate of drug-likeness (QED) is 0.349. The van der Waals surface area contributed by atoms with Crippen LogP contribution >= 0.6 is 0 Å². The number of hydrogen-bond acceptors (Lipinski definition) is 2. The number of unbranched alkanes of at least 4 members (excludes halogenated alkanes) is 2. The summed E-state index contributed by atoms with van der Waals surface area (Å²) >= 11 is 0. The highest BCUT2D eigenvalue weighted by Crippen LogP contribution is 2.22. The summed E-state index contributed by atoms with van der Waals surface area (Å²) in [6.07, 6.45) is 7.42. The fourth-order valence-corrected chi connectivity index (χ4v) is 3.45. The number of aryl methyl sites for hydroxylation is 3. The highest BCUT2D eigenvalue weighted by Gasteiger charge is 2.03. The van der Waals surface area contributed by atoms with Gasteiger partial charge < -0.3 is 5.11 Å². The summed E-state index contributed by atoms with van der Waals surface area (Å²) < 4.78 is 0. The summed E-state index contributed by atoms with van der Waals surface area (Å²) in [6.45, 7) is 2.24. The summed E-state index contributed by atoms with van der Waals surface area (Å²) in [5.74, 6) is 0.0412. The average molecular weight is 373 g/mol. The molecule has 0 bridgehead atoms. The van der Waals surface area contributed by atoms with Crippen molar-refractivity contribution in [2.75, 3.05) is 0 Å². The number of rotatable bonds is 9. The van der Waals surface area contributed by atoms with Crippen molar-refractivity contribution >= 4 is 6.29 Å². The van der Waals surface area contributed by atoms with Crippen molar-refractivity contribution < 1.29 is 9.90 Å². The third-order valence-electron chi connectivity index (χ3n) is 5.23. The molecule has 0 heterocycles. The van der Waals surface area contributed by atoms with Gasteiger partial charge >= 0.3 is 0 Å². The Kier molecular flexibility index (Phi) is 7.02. The number of carbonyl (C=O) groups excluding carboxylic acids is 1. The topological polar surface area (TPSA) is 37.3 Å². The normalized spacial score (nSPS) is 10.8. The van der Waals surface area contributed by atoms with Gasteiger partial charge in [0.15, 0.2) is 6.29 Å². The van der Waals surface area contributed by atoms with Crippen LogP contribution in [-0.2, 0) is 19.3 Å². The summed E-state index contributed by atoms with van der Waals surface area (Å²) in [7, 11) is 0. The third kappa shape index (κ3) is 5.32. The Morgan fingerprint density at radius 3 is 1.82 bits per heavy atom. The maximum absolute atomic E-state index is 11.0. The van der Waals surface area contributed by atoms with E-state index in [4.69, 9.17) is 0 Å². The minimum absolute atomic E-state index is 0.0412. The number of hydrogen-bond donors (Lipinski definition) is 1. The first-order valence-electron chi connectivity index (χ1n) is 10.1. The molecule has 0 atom stereocenters. The molecule has 0 saturated carbocycles. The highest BCUT2D eigenvalue weighted by molar-refractivity contribution is 5.79. The SMILES string of the molecule is CCCCCc1ccc(-c2ccc(CCc3ccc(O)c(C=O)c3)cc2)cc1. The second kappa shape index (κ2) is 9.89. The Morgan fingerprint density at radius 1 is 0.714 bits per heavy atom. The first kappa shape index (κ1) is 19.9. The number of aromatic hydroxyl groups is 1. The summed E-state index contributed by atoms with van der Waals surface area (Å²) in [5, 5.41) is 9.60. The Hall–Kier alpha value is -2.87. The van der Waals surface area contributed by atoms with E-state index in [0.29, 0.717) is 11.8 Å². The number of carbonyl (C=O) groups is 1. The first-order valence-corrected chi connectivity index (χ1v) is 10.1. The van der Waals surface area contributed by atoms with Crippen LogP contribution in [0, 0.1) is 0 Å². The first-order chi connectivity index (χ1) is 13.7. The molecule has 2 heteroatoms. The van der Waals surface area contributed by atoms with E-state index in [1.165, 1.54) is 41.5 Å². The monoisotopic (exact) mass is 372 g/mol. The van der Waals surface area contributed by atoms with Crippen LogP contribution in [0.2, 0.25) is 0 Å². The van der Waals surface area contributed by atoms with E-state index < -0.39 is 0 Å². The highest BCUT2D eigenvalue weighted by atomic mass is 16.3. The molecule has 0 radical (unpaired) electrons. The van der Waals surface area contributed by atoms with E-state index in [1.54, 1.807) is 12.1 Å². The minimum Gasteiger partial charge on any atom is -0.507 e. The molecule has 0 aliphatic rings. The van der Waals surface area contributed by atoms with Crippen molar-refractivity contribution in [1.29, 1.82) is 0 Å². The van der Waals surface area contributed by atoms with Gasteiger partial charge in [-0.15, -0.1) is 0 Å². The van der Waals surface area contributed by atoms with Crippen molar-refractivity contribution in [2.24, 2.45) is 0 Å². The molecule has 0 spiro atoms. The van der Waals surface area contributed by atoms with Gasteiger partial charge in [-0.2, -0.15) is 0 Å². The molecule has 2 nitrogen and oxygen atoms in total. The molecule has 3 aromatic rings. The van der Waals surface area contributed by atoms with Gasteiger partial charge in [-0.3, -0.25) is 4.79 Å². The zero-order chi connectivity index (χ0) is 19.8. The molecule has 3 rings (SSSR count). The lowest BCUT2D eigenvalue weighted by Crippen LogP contribution is -1.93. The maximum Gasteiger partial charge on any atom is 0.153 e. The van der Waals surface area contributed by atoms with E-state index in [-0.39, 0.29) is 5.75 Å². The molecule has 0 aromatic heterocycles. The number of benzene rings is 3. The Morgan fingerprint density at radius 2 is 1.25 bits per heavy atom. The van der Waals surface area contributed by atoms with Crippen LogP contribution in [0.5, 0.6) is 5.75 Å². The van der Waals surface area contributed by atoms with Crippen LogP contribution in [0.15, 0.2) is 66.7 Å². The Bertz CT molecular complexity index is 893. The molecular weight excluding hydrogens is 344 g/mol. The van der Waals surface area contributed by atoms with E-state index in [2.05, 4.69) is 55.5 Å². The molecule has 0 unspecified atom stereocenters. The molecule has 0 fully saturated rings. The smallest absolute Gasteiger partial charge is 0.153 e. The lowest BCUT2D eigenvalue weighted by atomic mass is 9.98. The minimum atomic E-state index is 0.0412. The largest absolute Gasteiger partial charge is 0.507 e. The van der Waals surface area contributed by atoms with Crippen LogP contribution in [-0.4, -0.2) is 11.4 Å². The van der Waals surface area contributed by atoms with Crippen molar-refractivity contribution in [3.05, 3.63) is 89.0 Å². The van der Waals surface area contributed by atoms with E-state index in [0.717, 1.165) is 24.8 Å². The third-order valence-corrected chi connectivity index (χ3v) is 5.23. The van der Waals surface area contributed by atoms with Gasteiger partial charge in [-0.1, -0.05) is 74.4 Å². The number of phenolic OH excluding ortho intramolecular Hbond substituents is 1. The molecule has 0 saturated heterocycles. The standard InChI is InChI=1S/C26H28O2/c1-2-3-4-5-20-8-13-23(14-9-20)24-15-10-21(11-16-24)6-7-22-12-17-26(28)25(18-22)19-27/h8-19,28H,2-7H2,1H3. The molecule has 28 heavy (non-hydrogen) atoms. The van der Waals surface area contributed by atoms with E-state index in [9.17, 15) is 9.90 Å². The van der Waals surface area contributed by atoms with Crippen molar-refractivity contribution in [1.82, 2.24) is 0 Å². The predicted octanol–water partition coefficient (Wildman–Crippen LogP) is 6.39. The van der Waals surface area contributed by atoms with Gasteiger partial charge in [0, 0.05) is 0 Å². The zero-order valence-electron chi connectivity index (χ0n) is 16.5. The van der Waals surface area contributed by atoms with Gasteiger partial charge in [0.05, 0.1) is 5.56 Å². The molecule has 0 aliphatic heterocycles. The number of aldehydes is 1. The van der Waals surface area contributed by atoms with Gasteiger partial charge in [-0.25, -0.2) is 0 Å². The number of phenols is 1. The lowest BCUT2D eigenvalue weighted by Gasteiger charge is -2.07. The summed E-state index contributed by atoms with van der Waals surface area (Å²) in [6, 6.07) is 22.8. The molecule has 144 valence electrons. The van der Waals surface area contributed by atoms with Crippen LogP contribution in [0.4, 0.5) is 0 Å². The van der Waals surface area contributed by atoms with E-state index in [1.807, 2.05) is 6.07 Å². The molecule has 1 N–H and O–H groups in total. The van der Waals surface area contributed by atoms with Crippen molar-refractivity contribution in [3.8, 4) is 16.9 Å². The average Bonchev–Trinajstić information content (AvgIpc) is 2.74. The molecule has 3 aromatic carbocycles. The van der Waals surface area contributed by atoms with Gasteiger partial charge in [0.2, 0.25) is 0 Å². The van der Waals surface area contributed by atoms with Gasteiger partial charge in [0.1, 0.15) is 5.75 Å². The van der Waals surface area contributed by atoms with Crippen molar-refractivity contribution in [2.45, 2.75) is 45.4 Å². The van der Waals surface area contributed by atoms with Crippen molar-refractivity contribution in [3.63, 3.8) is 0 Å². The Labute approximate surface area is 167 Å². The van der Waals surface area contributed by atoms with Crippen LogP contribution in [0.3, 0.4) is 0 Å². The predicted molar refractivity (Wildman–Crippen MR) is 116 cm³/mol. The van der Waals surface area contributed by atoms with Crippen LogP contribution < -0.4 is 0 Å². The fraction of sp³-hybridized carbons (Fsp3) is 0.269. The second-order valence-corrected chi connectivity index (χ2v) is 7.36. The van der Waals surface area contributed by atoms with Crippen LogP contribution in [0.25, 0.3) is 11.1 Å². The summed E-state index contributed by atoms with van der Waals surface area (Å²) in [4.78, 5) is 11.0. The fourth-order valence-electron chi connectivity index (χ4n) is 3.45. The van der Waals surface area contributed by atoms with Crippen LogP contribution in [0.1, 0.15) is 53.2 Å². The molecular formula is C26H28O2.